The predicted molar refractivity (Wildman–Crippen MR) is 119 cm³/mol. The first kappa shape index (κ1) is 24.4. The monoisotopic (exact) mass is 509 g/mol. The summed E-state index contributed by atoms with van der Waals surface area (Å²) >= 11 is 9.32. The van der Waals surface area contributed by atoms with Gasteiger partial charge in [0.25, 0.3) is 11.8 Å². The molecule has 3 N–H and O–H groups in total. The highest BCUT2D eigenvalue weighted by Gasteiger charge is 2.14. The molecule has 2 aromatic rings. The number of aryl methyl sites for hydroxylation is 2. The number of carbonyl (C=O) groups excluding carboxylic acids is 4. The lowest BCUT2D eigenvalue weighted by Gasteiger charge is -2.11. The molecule has 0 heterocycles. The minimum atomic E-state index is -0.716. The minimum Gasteiger partial charge on any atom is -0.456 e. The molecule has 0 fully saturated rings. The van der Waals surface area contributed by atoms with Crippen molar-refractivity contribution in [3.8, 4) is 0 Å². The van der Waals surface area contributed by atoms with Gasteiger partial charge in [0, 0.05) is 16.6 Å². The van der Waals surface area contributed by atoms with Crippen LogP contribution in [-0.2, 0) is 19.1 Å². The zero-order valence-electron chi connectivity index (χ0n) is 16.9. The number of nitrogens with one attached hydrogen (secondary N) is 3. The number of benzene rings is 2. The van der Waals surface area contributed by atoms with E-state index < -0.39 is 30.3 Å². The van der Waals surface area contributed by atoms with E-state index in [0.717, 1.165) is 15.6 Å². The van der Waals surface area contributed by atoms with Gasteiger partial charge >= 0.3 is 5.97 Å². The van der Waals surface area contributed by atoms with Crippen molar-refractivity contribution in [2.75, 3.05) is 11.9 Å². The highest BCUT2D eigenvalue weighted by Crippen LogP contribution is 2.24. The van der Waals surface area contributed by atoms with Crippen molar-refractivity contribution >= 4 is 56.9 Å². The van der Waals surface area contributed by atoms with Gasteiger partial charge in [-0.05, 0) is 49.2 Å². The Bertz CT molecular complexity index is 1010. The average molecular weight is 511 g/mol. The first-order chi connectivity index (χ1) is 14.7. The molecule has 10 heteroatoms. The van der Waals surface area contributed by atoms with Crippen LogP contribution in [0.3, 0.4) is 0 Å². The molecule has 0 saturated carbocycles. The summed E-state index contributed by atoms with van der Waals surface area (Å²) in [5.41, 5.74) is 7.03. The van der Waals surface area contributed by atoms with Gasteiger partial charge in [0.2, 0.25) is 5.91 Å². The van der Waals surface area contributed by atoms with Gasteiger partial charge in [-0.15, -0.1) is 0 Å². The summed E-state index contributed by atoms with van der Waals surface area (Å²) in [5, 5.41) is 2.92. The molecule has 0 radical (unpaired) electrons. The summed E-state index contributed by atoms with van der Waals surface area (Å²) in [6.45, 7) is 3.26. The molecule has 2 rings (SSSR count). The van der Waals surface area contributed by atoms with Crippen LogP contribution < -0.4 is 16.2 Å². The smallest absolute Gasteiger partial charge is 0.306 e. The maximum absolute atomic E-state index is 12.0. The normalized spacial score (nSPS) is 10.2. The Morgan fingerprint density at radius 1 is 0.968 bits per heavy atom. The van der Waals surface area contributed by atoms with Crippen LogP contribution in [0.2, 0.25) is 5.02 Å². The average Bonchev–Trinajstić information content (AvgIpc) is 2.73. The molecule has 0 aliphatic heterocycles. The lowest BCUT2D eigenvalue weighted by atomic mass is 10.1. The highest BCUT2D eigenvalue weighted by atomic mass is 79.9. The molecule has 0 unspecified atom stereocenters. The van der Waals surface area contributed by atoms with E-state index in [9.17, 15) is 19.2 Å². The van der Waals surface area contributed by atoms with Crippen LogP contribution in [0.5, 0.6) is 0 Å². The maximum Gasteiger partial charge on any atom is 0.306 e. The molecule has 164 valence electrons. The van der Waals surface area contributed by atoms with Crippen LogP contribution in [0, 0.1) is 13.8 Å². The third-order valence-corrected chi connectivity index (χ3v) is 5.32. The number of amides is 3. The molecule has 0 spiro atoms. The number of hydrogen-bond donors (Lipinski definition) is 3. The van der Waals surface area contributed by atoms with E-state index in [2.05, 4.69) is 32.1 Å². The van der Waals surface area contributed by atoms with E-state index in [1.54, 1.807) is 24.3 Å². The predicted octanol–water partition coefficient (Wildman–Crippen LogP) is 3.44. The fourth-order valence-electron chi connectivity index (χ4n) is 2.44. The Morgan fingerprint density at radius 2 is 1.68 bits per heavy atom. The van der Waals surface area contributed by atoms with Gasteiger partial charge in [-0.1, -0.05) is 39.7 Å². The number of hydrazine groups is 1. The molecule has 0 atom stereocenters. The summed E-state index contributed by atoms with van der Waals surface area (Å²) in [4.78, 5) is 47.5. The number of anilines is 1. The van der Waals surface area contributed by atoms with Crippen LogP contribution in [0.1, 0.15) is 34.3 Å². The number of rotatable bonds is 7. The topological polar surface area (TPSA) is 114 Å². The number of ether oxygens (including phenoxy) is 1. The van der Waals surface area contributed by atoms with Gasteiger partial charge in [0.1, 0.15) is 0 Å². The SMILES string of the molecule is Cc1cc(NC(=O)COC(=O)CCC(=O)NNC(=O)c2ccccc2Cl)c(C)cc1Br. The van der Waals surface area contributed by atoms with Gasteiger partial charge in [-0.25, -0.2) is 0 Å². The van der Waals surface area contributed by atoms with Crippen molar-refractivity contribution in [3.05, 3.63) is 62.6 Å². The van der Waals surface area contributed by atoms with Gasteiger partial charge in [0.05, 0.1) is 17.0 Å². The van der Waals surface area contributed by atoms with Crippen molar-refractivity contribution in [2.45, 2.75) is 26.7 Å². The number of esters is 1. The van der Waals surface area contributed by atoms with Crippen molar-refractivity contribution in [1.82, 2.24) is 10.9 Å². The molecule has 0 saturated heterocycles. The quantitative estimate of drug-likeness (QED) is 0.390. The Balaban J connectivity index is 1.70. The van der Waals surface area contributed by atoms with E-state index in [-0.39, 0.29) is 23.4 Å². The molecule has 0 aliphatic carbocycles. The molecule has 3 amide bonds. The van der Waals surface area contributed by atoms with Gasteiger partial charge in [0.15, 0.2) is 6.61 Å². The first-order valence-electron chi connectivity index (χ1n) is 9.23. The second-order valence-electron chi connectivity index (χ2n) is 6.61. The van der Waals surface area contributed by atoms with Gasteiger partial charge < -0.3 is 10.1 Å². The second-order valence-corrected chi connectivity index (χ2v) is 7.87. The lowest BCUT2D eigenvalue weighted by molar-refractivity contribution is -0.148. The van der Waals surface area contributed by atoms with E-state index in [0.29, 0.717) is 5.69 Å². The zero-order valence-corrected chi connectivity index (χ0v) is 19.2. The Morgan fingerprint density at radius 3 is 2.39 bits per heavy atom. The molecule has 0 bridgehead atoms. The van der Waals surface area contributed by atoms with Crippen molar-refractivity contribution in [2.24, 2.45) is 0 Å². The first-order valence-corrected chi connectivity index (χ1v) is 10.4. The summed E-state index contributed by atoms with van der Waals surface area (Å²) < 4.78 is 5.81. The minimum absolute atomic E-state index is 0.200. The van der Waals surface area contributed by atoms with Crippen molar-refractivity contribution in [3.63, 3.8) is 0 Å². The number of halogens is 2. The number of carbonyl (C=O) groups is 4. The fourth-order valence-corrected chi connectivity index (χ4v) is 3.12. The molecule has 0 aliphatic rings. The van der Waals surface area contributed by atoms with Crippen LogP contribution in [-0.4, -0.2) is 30.3 Å². The maximum atomic E-state index is 12.0. The molecular formula is C21H21BrClN3O5. The summed E-state index contributed by atoms with van der Waals surface area (Å²) in [7, 11) is 0. The van der Waals surface area contributed by atoms with Crippen LogP contribution in [0.25, 0.3) is 0 Å². The fraction of sp³-hybridized carbons (Fsp3) is 0.238. The van der Waals surface area contributed by atoms with Crippen LogP contribution in [0.15, 0.2) is 40.9 Å². The molecule has 31 heavy (non-hydrogen) atoms. The zero-order chi connectivity index (χ0) is 23.0. The second kappa shape index (κ2) is 11.5. The van der Waals surface area contributed by atoms with Crippen LogP contribution >= 0.6 is 27.5 Å². The standard InChI is InChI=1S/C21H21BrClN3O5/c1-12-10-17(13(2)9-15(12)22)24-19(28)11-31-20(29)8-7-18(27)25-26-21(30)14-5-3-4-6-16(14)23/h3-6,9-10H,7-8,11H2,1-2H3,(H,24,28)(H,25,27)(H,26,30). The molecule has 0 aromatic heterocycles. The Labute approximate surface area is 192 Å². The van der Waals surface area contributed by atoms with Crippen LogP contribution in [0.4, 0.5) is 5.69 Å². The van der Waals surface area contributed by atoms with E-state index in [1.165, 1.54) is 6.07 Å². The van der Waals surface area contributed by atoms with E-state index >= 15 is 0 Å². The van der Waals surface area contributed by atoms with E-state index in [4.69, 9.17) is 16.3 Å². The summed E-state index contributed by atoms with van der Waals surface area (Å²) in [6, 6.07) is 10.0. The van der Waals surface area contributed by atoms with E-state index in [1.807, 2.05) is 19.9 Å². The molecule has 8 nitrogen and oxygen atoms in total. The van der Waals surface area contributed by atoms with Crippen molar-refractivity contribution in [1.29, 1.82) is 0 Å². The third-order valence-electron chi connectivity index (χ3n) is 4.13. The molecular weight excluding hydrogens is 490 g/mol. The third kappa shape index (κ3) is 7.69. The van der Waals surface area contributed by atoms with Gasteiger partial charge in [-0.2, -0.15) is 0 Å². The summed E-state index contributed by atoms with van der Waals surface area (Å²) in [5.74, 6) is -2.39. The molecule has 2 aromatic carbocycles. The Hall–Kier alpha value is -2.91. The lowest BCUT2D eigenvalue weighted by Crippen LogP contribution is -2.41. The Kier molecular flexibility index (Phi) is 9.02. The highest BCUT2D eigenvalue weighted by molar-refractivity contribution is 9.10. The largest absolute Gasteiger partial charge is 0.456 e. The number of hydrogen-bond acceptors (Lipinski definition) is 5. The summed E-state index contributed by atoms with van der Waals surface area (Å²) in [6.07, 6.45) is -0.480. The van der Waals surface area contributed by atoms with Gasteiger partial charge in [-0.3, -0.25) is 30.0 Å². The van der Waals surface area contributed by atoms with Crippen molar-refractivity contribution < 1.29 is 23.9 Å².